The molecule has 0 radical (unpaired) electrons. The smallest absolute Gasteiger partial charge is 0.416 e. The predicted molar refractivity (Wildman–Crippen MR) is 72.0 cm³/mol. The molecule has 8 heteroatoms. The zero-order valence-electron chi connectivity index (χ0n) is 11.5. The molecule has 0 unspecified atom stereocenters. The van der Waals surface area contributed by atoms with Crippen molar-refractivity contribution in [1.29, 1.82) is 0 Å². The molecule has 0 bridgehead atoms. The SMILES string of the molecule is Cc1cn(Cc2cc(C(F)(F)F)ccc2C=CC(=O)O)nn1. The zero-order chi connectivity index (χ0) is 16.3. The van der Waals surface area contributed by atoms with Gasteiger partial charge in [-0.1, -0.05) is 11.3 Å². The van der Waals surface area contributed by atoms with Gasteiger partial charge in [0.25, 0.3) is 0 Å². The van der Waals surface area contributed by atoms with Crippen molar-refractivity contribution in [3.05, 3.63) is 52.9 Å². The minimum Gasteiger partial charge on any atom is -0.478 e. The molecule has 116 valence electrons. The Morgan fingerprint density at radius 1 is 1.41 bits per heavy atom. The van der Waals surface area contributed by atoms with Crippen LogP contribution in [0.3, 0.4) is 0 Å². The second-order valence-corrected chi connectivity index (χ2v) is 4.64. The molecule has 2 rings (SSSR count). The van der Waals surface area contributed by atoms with Crippen LogP contribution in [-0.4, -0.2) is 26.1 Å². The Balaban J connectivity index is 2.42. The quantitative estimate of drug-likeness (QED) is 0.882. The van der Waals surface area contributed by atoms with Crippen molar-refractivity contribution in [1.82, 2.24) is 15.0 Å². The van der Waals surface area contributed by atoms with E-state index in [9.17, 15) is 18.0 Å². The van der Waals surface area contributed by atoms with E-state index in [4.69, 9.17) is 5.11 Å². The molecule has 0 aliphatic rings. The monoisotopic (exact) mass is 311 g/mol. The maximum absolute atomic E-state index is 12.8. The number of carboxylic acids is 1. The van der Waals surface area contributed by atoms with Gasteiger partial charge in [-0.2, -0.15) is 13.2 Å². The van der Waals surface area contributed by atoms with Gasteiger partial charge in [-0.05, 0) is 36.3 Å². The van der Waals surface area contributed by atoms with E-state index in [0.29, 0.717) is 16.8 Å². The van der Waals surface area contributed by atoms with Crippen LogP contribution in [0.1, 0.15) is 22.4 Å². The third-order valence-corrected chi connectivity index (χ3v) is 2.86. The maximum atomic E-state index is 12.8. The summed E-state index contributed by atoms with van der Waals surface area (Å²) in [6.07, 6.45) is -0.757. The number of carbonyl (C=O) groups is 1. The molecule has 0 saturated carbocycles. The van der Waals surface area contributed by atoms with E-state index < -0.39 is 17.7 Å². The highest BCUT2D eigenvalue weighted by atomic mass is 19.4. The molecule has 2 aromatic rings. The second-order valence-electron chi connectivity index (χ2n) is 4.64. The molecule has 1 aromatic carbocycles. The summed E-state index contributed by atoms with van der Waals surface area (Å²) >= 11 is 0. The molecule has 1 heterocycles. The van der Waals surface area contributed by atoms with Gasteiger partial charge in [-0.15, -0.1) is 5.10 Å². The molecule has 1 aromatic heterocycles. The summed E-state index contributed by atoms with van der Waals surface area (Å²) in [5.41, 5.74) is 0.516. The van der Waals surface area contributed by atoms with Gasteiger partial charge in [-0.3, -0.25) is 0 Å². The lowest BCUT2D eigenvalue weighted by Gasteiger charge is -2.11. The van der Waals surface area contributed by atoms with E-state index in [2.05, 4.69) is 10.3 Å². The fourth-order valence-electron chi connectivity index (χ4n) is 1.89. The Hall–Kier alpha value is -2.64. The van der Waals surface area contributed by atoms with Crippen molar-refractivity contribution in [2.45, 2.75) is 19.6 Å². The third kappa shape index (κ3) is 3.94. The Morgan fingerprint density at radius 2 is 2.14 bits per heavy atom. The number of aromatic nitrogens is 3. The van der Waals surface area contributed by atoms with Gasteiger partial charge in [-0.25, -0.2) is 9.48 Å². The van der Waals surface area contributed by atoms with Gasteiger partial charge in [0.05, 0.1) is 17.8 Å². The summed E-state index contributed by atoms with van der Waals surface area (Å²) in [7, 11) is 0. The fourth-order valence-corrected chi connectivity index (χ4v) is 1.89. The predicted octanol–water partition coefficient (Wildman–Crippen LogP) is 2.75. The lowest BCUT2D eigenvalue weighted by atomic mass is 10.0. The normalized spacial score (nSPS) is 12.0. The molecule has 0 spiro atoms. The minimum absolute atomic E-state index is 0.0596. The van der Waals surface area contributed by atoms with Crippen LogP contribution in [0.5, 0.6) is 0 Å². The van der Waals surface area contributed by atoms with Crippen molar-refractivity contribution < 1.29 is 23.1 Å². The molecular formula is C14H12F3N3O2. The van der Waals surface area contributed by atoms with E-state index in [-0.39, 0.29) is 6.54 Å². The molecule has 1 N–H and O–H groups in total. The number of alkyl halides is 3. The van der Waals surface area contributed by atoms with Crippen LogP contribution < -0.4 is 0 Å². The van der Waals surface area contributed by atoms with Crippen molar-refractivity contribution in [2.24, 2.45) is 0 Å². The fraction of sp³-hybridized carbons (Fsp3) is 0.214. The lowest BCUT2D eigenvalue weighted by Crippen LogP contribution is -2.08. The Kier molecular flexibility index (Phi) is 4.30. The van der Waals surface area contributed by atoms with Gasteiger partial charge in [0.1, 0.15) is 0 Å². The zero-order valence-corrected chi connectivity index (χ0v) is 11.5. The first-order chi connectivity index (χ1) is 10.3. The number of aliphatic carboxylic acids is 1. The minimum atomic E-state index is -4.47. The molecule has 5 nitrogen and oxygen atoms in total. The van der Waals surface area contributed by atoms with E-state index >= 15 is 0 Å². The molecule has 0 aliphatic carbocycles. The number of rotatable bonds is 4. The van der Waals surface area contributed by atoms with Gasteiger partial charge >= 0.3 is 12.1 Å². The van der Waals surface area contributed by atoms with Crippen LogP contribution in [0, 0.1) is 6.92 Å². The maximum Gasteiger partial charge on any atom is 0.416 e. The largest absolute Gasteiger partial charge is 0.478 e. The number of hydrogen-bond acceptors (Lipinski definition) is 3. The van der Waals surface area contributed by atoms with Gasteiger partial charge < -0.3 is 5.11 Å². The first-order valence-corrected chi connectivity index (χ1v) is 6.23. The first-order valence-electron chi connectivity index (χ1n) is 6.23. The molecule has 0 saturated heterocycles. The molecule has 0 amide bonds. The van der Waals surface area contributed by atoms with Crippen molar-refractivity contribution in [2.75, 3.05) is 0 Å². The highest BCUT2D eigenvalue weighted by Gasteiger charge is 2.30. The third-order valence-electron chi connectivity index (χ3n) is 2.86. The van der Waals surface area contributed by atoms with Crippen molar-refractivity contribution >= 4 is 12.0 Å². The number of aryl methyl sites for hydroxylation is 1. The number of hydrogen-bond donors (Lipinski definition) is 1. The van der Waals surface area contributed by atoms with Crippen molar-refractivity contribution in [3.8, 4) is 0 Å². The van der Waals surface area contributed by atoms with Crippen LogP contribution >= 0.6 is 0 Å². The highest BCUT2D eigenvalue weighted by molar-refractivity contribution is 5.85. The summed E-state index contributed by atoms with van der Waals surface area (Å²) in [4.78, 5) is 10.6. The molecule has 0 atom stereocenters. The molecular weight excluding hydrogens is 299 g/mol. The summed E-state index contributed by atoms with van der Waals surface area (Å²) < 4.78 is 39.8. The Bertz CT molecular complexity index is 720. The summed E-state index contributed by atoms with van der Waals surface area (Å²) in [5, 5.41) is 16.2. The average Bonchev–Trinajstić information content (AvgIpc) is 2.81. The van der Waals surface area contributed by atoms with E-state index in [1.54, 1.807) is 13.1 Å². The van der Waals surface area contributed by atoms with Gasteiger partial charge in [0.15, 0.2) is 0 Å². The molecule has 0 fully saturated rings. The van der Waals surface area contributed by atoms with Crippen LogP contribution in [0.2, 0.25) is 0 Å². The van der Waals surface area contributed by atoms with Crippen LogP contribution in [0.4, 0.5) is 13.2 Å². The van der Waals surface area contributed by atoms with Gasteiger partial charge in [0.2, 0.25) is 0 Å². The second kappa shape index (κ2) is 6.00. The average molecular weight is 311 g/mol. The Labute approximate surface area is 123 Å². The van der Waals surface area contributed by atoms with Crippen molar-refractivity contribution in [3.63, 3.8) is 0 Å². The van der Waals surface area contributed by atoms with Crippen LogP contribution in [0.25, 0.3) is 6.08 Å². The Morgan fingerprint density at radius 3 is 2.68 bits per heavy atom. The highest BCUT2D eigenvalue weighted by Crippen LogP contribution is 2.31. The standard InChI is InChI=1S/C14H12F3N3O2/c1-9-7-20(19-18-9)8-11-6-12(14(15,16)17)4-2-10(11)3-5-13(21)22/h2-7H,8H2,1H3,(H,21,22). The number of benzene rings is 1. The summed E-state index contributed by atoms with van der Waals surface area (Å²) in [6, 6.07) is 3.14. The lowest BCUT2D eigenvalue weighted by molar-refractivity contribution is -0.137. The summed E-state index contributed by atoms with van der Waals surface area (Å²) in [5.74, 6) is -1.18. The molecule has 0 aliphatic heterocycles. The van der Waals surface area contributed by atoms with E-state index in [1.807, 2.05) is 0 Å². The topological polar surface area (TPSA) is 68.0 Å². The number of nitrogens with zero attached hydrogens (tertiary/aromatic N) is 3. The summed E-state index contributed by atoms with van der Waals surface area (Å²) in [6.45, 7) is 1.77. The van der Waals surface area contributed by atoms with E-state index in [0.717, 1.165) is 18.2 Å². The van der Waals surface area contributed by atoms with Crippen LogP contribution in [-0.2, 0) is 17.5 Å². The van der Waals surface area contributed by atoms with Crippen LogP contribution in [0.15, 0.2) is 30.5 Å². The number of halogens is 3. The van der Waals surface area contributed by atoms with E-state index in [1.165, 1.54) is 16.8 Å². The molecule has 22 heavy (non-hydrogen) atoms. The number of carboxylic acid groups (broad SMARTS) is 1. The first kappa shape index (κ1) is 15.7. The van der Waals surface area contributed by atoms with Gasteiger partial charge in [0, 0.05) is 12.3 Å².